The fraction of sp³-hybridized carbons (Fsp3) is 0.250. The Morgan fingerprint density at radius 3 is 2.58 bits per heavy atom. The summed E-state index contributed by atoms with van der Waals surface area (Å²) < 4.78 is 0. The summed E-state index contributed by atoms with van der Waals surface area (Å²) in [5, 5.41) is 12.5. The molecule has 3 rings (SSSR count). The van der Waals surface area contributed by atoms with E-state index in [1.165, 1.54) is 16.2 Å². The van der Waals surface area contributed by atoms with Crippen LogP contribution in [0.2, 0.25) is 0 Å². The van der Waals surface area contributed by atoms with Crippen molar-refractivity contribution in [1.29, 1.82) is 0 Å². The van der Waals surface area contributed by atoms with Crippen molar-refractivity contribution in [3.05, 3.63) is 23.2 Å². The molecule has 0 aromatic carbocycles. The van der Waals surface area contributed by atoms with Gasteiger partial charge in [-0.3, -0.25) is 0 Å². The Kier molecular flexibility index (Phi) is 3.34. The second kappa shape index (κ2) is 4.99. The zero-order valence-corrected chi connectivity index (χ0v) is 12.9. The molecule has 0 aliphatic heterocycles. The van der Waals surface area contributed by atoms with Gasteiger partial charge in [-0.15, -0.1) is 32.9 Å². The fourth-order valence-electron chi connectivity index (χ4n) is 1.71. The number of hydrogen-bond donors (Lipinski definition) is 1. The van der Waals surface area contributed by atoms with E-state index in [4.69, 9.17) is 10.7 Å². The number of aromatic nitrogens is 3. The van der Waals surface area contributed by atoms with Crippen LogP contribution in [0.3, 0.4) is 0 Å². The van der Waals surface area contributed by atoms with Gasteiger partial charge in [0.05, 0.1) is 15.4 Å². The predicted octanol–water partition coefficient (Wildman–Crippen LogP) is 4.10. The highest BCUT2D eigenvalue weighted by molar-refractivity contribution is 7.26. The molecule has 0 spiro atoms. The van der Waals surface area contributed by atoms with E-state index in [0.29, 0.717) is 11.0 Å². The molecule has 0 aliphatic rings. The standard InChI is InChI=1S/C12H12N4S3/c1-6(2)8-9(11-15-16-12(13)19-11)18-10(14-8)7-4-3-5-17-7/h3-6H,1-2H3,(H2,13,16). The van der Waals surface area contributed by atoms with Gasteiger partial charge >= 0.3 is 0 Å². The maximum Gasteiger partial charge on any atom is 0.203 e. The molecule has 0 saturated carbocycles. The SMILES string of the molecule is CC(C)c1nc(-c2cccs2)sc1-c1nnc(N)s1. The van der Waals surface area contributed by atoms with E-state index in [9.17, 15) is 0 Å². The average molecular weight is 308 g/mol. The summed E-state index contributed by atoms with van der Waals surface area (Å²) in [6.07, 6.45) is 0. The summed E-state index contributed by atoms with van der Waals surface area (Å²) >= 11 is 4.78. The van der Waals surface area contributed by atoms with Crippen molar-refractivity contribution in [1.82, 2.24) is 15.2 Å². The quantitative estimate of drug-likeness (QED) is 0.791. The summed E-state index contributed by atoms with van der Waals surface area (Å²) in [5.74, 6) is 0.352. The number of anilines is 1. The number of nitrogen functional groups attached to an aromatic ring is 1. The normalized spacial score (nSPS) is 11.3. The lowest BCUT2D eigenvalue weighted by Gasteiger charge is -2.01. The second-order valence-electron chi connectivity index (χ2n) is 4.31. The van der Waals surface area contributed by atoms with Gasteiger partial charge in [-0.1, -0.05) is 31.3 Å². The molecule has 3 aromatic heterocycles. The Balaban J connectivity index is 2.12. The molecule has 98 valence electrons. The first kappa shape index (κ1) is 12.7. The molecule has 4 nitrogen and oxygen atoms in total. The molecular weight excluding hydrogens is 296 g/mol. The molecule has 0 radical (unpaired) electrons. The molecule has 0 atom stereocenters. The fourth-order valence-corrected chi connectivity index (χ4v) is 4.41. The van der Waals surface area contributed by atoms with E-state index in [1.54, 1.807) is 22.7 Å². The zero-order valence-electron chi connectivity index (χ0n) is 10.5. The number of hydrogen-bond acceptors (Lipinski definition) is 7. The molecular formula is C12H12N4S3. The Morgan fingerprint density at radius 1 is 1.16 bits per heavy atom. The first-order chi connectivity index (χ1) is 9.15. The van der Waals surface area contributed by atoms with E-state index in [1.807, 2.05) is 6.07 Å². The van der Waals surface area contributed by atoms with Gasteiger partial charge in [0, 0.05) is 0 Å². The molecule has 0 amide bonds. The summed E-state index contributed by atoms with van der Waals surface area (Å²) in [5.41, 5.74) is 6.75. The highest BCUT2D eigenvalue weighted by Crippen LogP contribution is 2.41. The van der Waals surface area contributed by atoms with Crippen LogP contribution in [0.15, 0.2) is 17.5 Å². The predicted molar refractivity (Wildman–Crippen MR) is 82.8 cm³/mol. The van der Waals surface area contributed by atoms with Gasteiger partial charge in [-0.25, -0.2) is 4.98 Å². The average Bonchev–Trinajstić information content (AvgIpc) is 3.07. The monoisotopic (exact) mass is 308 g/mol. The highest BCUT2D eigenvalue weighted by atomic mass is 32.1. The molecule has 7 heteroatoms. The lowest BCUT2D eigenvalue weighted by molar-refractivity contribution is 0.835. The smallest absolute Gasteiger partial charge is 0.203 e. The molecule has 0 fully saturated rings. The van der Waals surface area contributed by atoms with Crippen LogP contribution in [0, 0.1) is 0 Å². The van der Waals surface area contributed by atoms with Gasteiger partial charge in [0.25, 0.3) is 0 Å². The first-order valence-corrected chi connectivity index (χ1v) is 8.30. The Morgan fingerprint density at radius 2 is 2.00 bits per heavy atom. The Hall–Kier alpha value is -1.31. The Labute approximate surface area is 123 Å². The van der Waals surface area contributed by atoms with Gasteiger partial charge in [0.2, 0.25) is 5.13 Å². The van der Waals surface area contributed by atoms with Crippen LogP contribution >= 0.6 is 34.0 Å². The Bertz CT molecular complexity index is 682. The van der Waals surface area contributed by atoms with Gasteiger partial charge in [-0.2, -0.15) is 0 Å². The van der Waals surface area contributed by atoms with Crippen LogP contribution in [0.4, 0.5) is 5.13 Å². The van der Waals surface area contributed by atoms with Crippen molar-refractivity contribution in [2.75, 3.05) is 5.73 Å². The summed E-state index contributed by atoms with van der Waals surface area (Å²) in [6, 6.07) is 4.13. The van der Waals surface area contributed by atoms with Crippen LogP contribution in [0.1, 0.15) is 25.5 Å². The number of nitrogens with two attached hydrogens (primary N) is 1. The van der Waals surface area contributed by atoms with Crippen molar-refractivity contribution in [2.45, 2.75) is 19.8 Å². The molecule has 0 bridgehead atoms. The third kappa shape index (κ3) is 2.41. The summed E-state index contributed by atoms with van der Waals surface area (Å²) in [7, 11) is 0. The van der Waals surface area contributed by atoms with E-state index in [-0.39, 0.29) is 0 Å². The minimum Gasteiger partial charge on any atom is -0.374 e. The topological polar surface area (TPSA) is 64.7 Å². The first-order valence-electron chi connectivity index (χ1n) is 5.79. The number of thiophene rings is 1. The van der Waals surface area contributed by atoms with E-state index >= 15 is 0 Å². The van der Waals surface area contributed by atoms with Gasteiger partial charge in [0.15, 0.2) is 5.01 Å². The largest absolute Gasteiger partial charge is 0.374 e. The van der Waals surface area contributed by atoms with Crippen molar-refractivity contribution in [2.24, 2.45) is 0 Å². The van der Waals surface area contributed by atoms with Crippen LogP contribution < -0.4 is 5.73 Å². The summed E-state index contributed by atoms with van der Waals surface area (Å²) in [4.78, 5) is 7.05. The second-order valence-corrected chi connectivity index (χ2v) is 7.27. The van der Waals surface area contributed by atoms with Gasteiger partial charge in [-0.05, 0) is 17.4 Å². The molecule has 3 heterocycles. The number of thiazole rings is 1. The molecule has 0 aliphatic carbocycles. The van der Waals surface area contributed by atoms with E-state index in [2.05, 4.69) is 35.5 Å². The van der Waals surface area contributed by atoms with Crippen LogP contribution in [-0.4, -0.2) is 15.2 Å². The van der Waals surface area contributed by atoms with Crippen LogP contribution in [0.5, 0.6) is 0 Å². The minimum absolute atomic E-state index is 0.352. The molecule has 2 N–H and O–H groups in total. The van der Waals surface area contributed by atoms with E-state index < -0.39 is 0 Å². The lowest BCUT2D eigenvalue weighted by atomic mass is 10.1. The van der Waals surface area contributed by atoms with Crippen molar-refractivity contribution in [3.8, 4) is 19.8 Å². The molecule has 19 heavy (non-hydrogen) atoms. The lowest BCUT2D eigenvalue weighted by Crippen LogP contribution is -1.90. The highest BCUT2D eigenvalue weighted by Gasteiger charge is 2.19. The maximum atomic E-state index is 5.67. The van der Waals surface area contributed by atoms with Gasteiger partial charge in [0.1, 0.15) is 5.01 Å². The van der Waals surface area contributed by atoms with Crippen molar-refractivity contribution >= 4 is 39.1 Å². The van der Waals surface area contributed by atoms with E-state index in [0.717, 1.165) is 20.6 Å². The zero-order chi connectivity index (χ0) is 13.4. The van der Waals surface area contributed by atoms with Gasteiger partial charge < -0.3 is 5.73 Å². The third-order valence-corrected chi connectivity index (χ3v) is 5.58. The maximum absolute atomic E-state index is 5.67. The third-order valence-electron chi connectivity index (χ3n) is 2.57. The molecule has 0 saturated heterocycles. The van der Waals surface area contributed by atoms with Crippen molar-refractivity contribution in [3.63, 3.8) is 0 Å². The molecule has 3 aromatic rings. The van der Waals surface area contributed by atoms with Crippen LogP contribution in [0.25, 0.3) is 19.8 Å². The van der Waals surface area contributed by atoms with Crippen LogP contribution in [-0.2, 0) is 0 Å². The minimum atomic E-state index is 0.352. The summed E-state index contributed by atoms with van der Waals surface area (Å²) in [6.45, 7) is 4.28. The number of nitrogens with zero attached hydrogens (tertiary/aromatic N) is 3. The molecule has 0 unspecified atom stereocenters. The van der Waals surface area contributed by atoms with Crippen molar-refractivity contribution < 1.29 is 0 Å². The number of rotatable bonds is 3.